The van der Waals surface area contributed by atoms with Gasteiger partial charge in [0.15, 0.2) is 0 Å². The third-order valence-electron chi connectivity index (χ3n) is 2.56. The zero-order valence-electron chi connectivity index (χ0n) is 7.60. The summed E-state index contributed by atoms with van der Waals surface area (Å²) in [6.07, 6.45) is 5.57. The first-order chi connectivity index (χ1) is 5.33. The molecule has 2 atom stereocenters. The second kappa shape index (κ2) is 4.73. The molecule has 0 aliphatic heterocycles. The van der Waals surface area contributed by atoms with Crippen molar-refractivity contribution in [2.45, 2.75) is 32.6 Å². The summed E-state index contributed by atoms with van der Waals surface area (Å²) in [4.78, 5) is 4.83. The minimum absolute atomic E-state index is 0.846. The third kappa shape index (κ3) is 3.21. The van der Waals surface area contributed by atoms with Gasteiger partial charge in [0.25, 0.3) is 0 Å². The van der Waals surface area contributed by atoms with Crippen LogP contribution in [0.3, 0.4) is 0 Å². The van der Waals surface area contributed by atoms with Crippen molar-refractivity contribution in [1.29, 1.82) is 0 Å². The molecule has 66 valence electrons. The van der Waals surface area contributed by atoms with Crippen LogP contribution in [0, 0.1) is 11.8 Å². The molecule has 0 radical (unpaired) electrons. The van der Waals surface area contributed by atoms with E-state index >= 15 is 0 Å². The van der Waals surface area contributed by atoms with Crippen molar-refractivity contribution in [3.63, 3.8) is 0 Å². The monoisotopic (exact) mass is 157 g/mol. The van der Waals surface area contributed by atoms with Crippen molar-refractivity contribution < 1.29 is 4.84 Å². The maximum Gasteiger partial charge on any atom is 0.0572 e. The number of hydrogen-bond acceptors (Lipinski definition) is 2. The van der Waals surface area contributed by atoms with Crippen LogP contribution in [0.25, 0.3) is 0 Å². The molecule has 0 unspecified atom stereocenters. The highest BCUT2D eigenvalue weighted by Crippen LogP contribution is 2.27. The number of nitrogens with one attached hydrogen (secondary N) is 1. The first-order valence-corrected chi connectivity index (χ1v) is 4.58. The van der Waals surface area contributed by atoms with Gasteiger partial charge < -0.3 is 4.84 Å². The molecule has 0 bridgehead atoms. The lowest BCUT2D eigenvalue weighted by atomic mass is 9.82. The van der Waals surface area contributed by atoms with Crippen LogP contribution in [0.4, 0.5) is 0 Å². The maximum atomic E-state index is 4.83. The van der Waals surface area contributed by atoms with Gasteiger partial charge in [-0.2, -0.15) is 0 Å². The Kier molecular flexibility index (Phi) is 3.87. The summed E-state index contributed by atoms with van der Waals surface area (Å²) in [6.45, 7) is 3.37. The standard InChI is InChI=1S/C9H19NO/c1-8-4-3-5-9(6-8)7-10-11-2/h8-10H,3-7H2,1-2H3/t8-,9-/m1/s1. The number of rotatable bonds is 3. The minimum atomic E-state index is 0.846. The summed E-state index contributed by atoms with van der Waals surface area (Å²) in [5, 5.41) is 0. The van der Waals surface area contributed by atoms with Gasteiger partial charge in [0.1, 0.15) is 0 Å². The average Bonchev–Trinajstić information content (AvgIpc) is 2.01. The molecule has 1 rings (SSSR count). The van der Waals surface area contributed by atoms with Gasteiger partial charge in [-0.3, -0.25) is 0 Å². The van der Waals surface area contributed by atoms with Gasteiger partial charge in [0, 0.05) is 6.54 Å². The van der Waals surface area contributed by atoms with Gasteiger partial charge in [0.05, 0.1) is 7.11 Å². The van der Waals surface area contributed by atoms with Crippen molar-refractivity contribution >= 4 is 0 Å². The Morgan fingerprint density at radius 1 is 1.45 bits per heavy atom. The number of hydrogen-bond donors (Lipinski definition) is 1. The van der Waals surface area contributed by atoms with Crippen molar-refractivity contribution in [1.82, 2.24) is 5.48 Å². The molecule has 1 aliphatic rings. The quantitative estimate of drug-likeness (QED) is 0.632. The highest BCUT2D eigenvalue weighted by atomic mass is 16.6. The van der Waals surface area contributed by atoms with Gasteiger partial charge in [-0.25, -0.2) is 5.48 Å². The third-order valence-corrected chi connectivity index (χ3v) is 2.56. The summed E-state index contributed by atoms with van der Waals surface area (Å²) < 4.78 is 0. The van der Waals surface area contributed by atoms with E-state index in [2.05, 4.69) is 12.4 Å². The molecular formula is C9H19NO. The van der Waals surface area contributed by atoms with Gasteiger partial charge >= 0.3 is 0 Å². The van der Waals surface area contributed by atoms with E-state index in [-0.39, 0.29) is 0 Å². The molecule has 1 saturated carbocycles. The Balaban J connectivity index is 2.12. The SMILES string of the molecule is CONC[C@@H]1CCC[C@@H](C)C1. The van der Waals surface area contributed by atoms with Crippen LogP contribution >= 0.6 is 0 Å². The molecule has 1 aliphatic carbocycles. The van der Waals surface area contributed by atoms with E-state index in [0.717, 1.165) is 18.4 Å². The second-order valence-electron chi connectivity index (χ2n) is 3.69. The first kappa shape index (κ1) is 9.01. The smallest absolute Gasteiger partial charge is 0.0572 e. The van der Waals surface area contributed by atoms with Crippen molar-refractivity contribution in [3.05, 3.63) is 0 Å². The van der Waals surface area contributed by atoms with Crippen LogP contribution in [0.5, 0.6) is 0 Å². The van der Waals surface area contributed by atoms with Crippen LogP contribution in [-0.4, -0.2) is 13.7 Å². The molecule has 0 spiro atoms. The zero-order valence-corrected chi connectivity index (χ0v) is 7.60. The summed E-state index contributed by atoms with van der Waals surface area (Å²) in [7, 11) is 1.69. The predicted octanol–water partition coefficient (Wildman–Crippen LogP) is 1.96. The average molecular weight is 157 g/mol. The van der Waals surface area contributed by atoms with E-state index in [9.17, 15) is 0 Å². The Labute approximate surface area is 69.3 Å². The van der Waals surface area contributed by atoms with Crippen molar-refractivity contribution in [2.24, 2.45) is 11.8 Å². The number of hydroxylamine groups is 1. The molecule has 2 nitrogen and oxygen atoms in total. The Bertz CT molecular complexity index is 106. The molecule has 1 N–H and O–H groups in total. The van der Waals surface area contributed by atoms with E-state index in [1.165, 1.54) is 25.7 Å². The molecular weight excluding hydrogens is 138 g/mol. The van der Waals surface area contributed by atoms with Gasteiger partial charge in [-0.1, -0.05) is 19.8 Å². The van der Waals surface area contributed by atoms with E-state index in [0.29, 0.717) is 0 Å². The lowest BCUT2D eigenvalue weighted by molar-refractivity contribution is 0.0708. The summed E-state index contributed by atoms with van der Waals surface area (Å²) in [5.74, 6) is 1.77. The first-order valence-electron chi connectivity index (χ1n) is 4.58. The largest absolute Gasteiger partial charge is 0.305 e. The van der Waals surface area contributed by atoms with Crippen LogP contribution in [0.1, 0.15) is 32.6 Å². The molecule has 0 aromatic heterocycles. The van der Waals surface area contributed by atoms with E-state index < -0.39 is 0 Å². The fourth-order valence-corrected chi connectivity index (χ4v) is 1.95. The Morgan fingerprint density at radius 2 is 2.27 bits per heavy atom. The second-order valence-corrected chi connectivity index (χ2v) is 3.69. The van der Waals surface area contributed by atoms with Crippen LogP contribution < -0.4 is 5.48 Å². The Morgan fingerprint density at radius 3 is 2.91 bits per heavy atom. The molecule has 0 aromatic carbocycles. The van der Waals surface area contributed by atoms with Gasteiger partial charge in [-0.15, -0.1) is 0 Å². The van der Waals surface area contributed by atoms with E-state index in [1.807, 2.05) is 0 Å². The maximum absolute atomic E-state index is 4.83. The summed E-state index contributed by atoms with van der Waals surface area (Å²) in [5.41, 5.74) is 2.94. The van der Waals surface area contributed by atoms with Crippen molar-refractivity contribution in [3.8, 4) is 0 Å². The van der Waals surface area contributed by atoms with Gasteiger partial charge in [0.2, 0.25) is 0 Å². The highest BCUT2D eigenvalue weighted by molar-refractivity contribution is 4.70. The molecule has 0 saturated heterocycles. The van der Waals surface area contributed by atoms with Crippen LogP contribution in [0.2, 0.25) is 0 Å². The fourth-order valence-electron chi connectivity index (χ4n) is 1.95. The lowest BCUT2D eigenvalue weighted by Crippen LogP contribution is -2.25. The molecule has 2 heteroatoms. The Hall–Kier alpha value is -0.0800. The zero-order chi connectivity index (χ0) is 8.10. The van der Waals surface area contributed by atoms with E-state index in [4.69, 9.17) is 4.84 Å². The summed E-state index contributed by atoms with van der Waals surface area (Å²) in [6, 6.07) is 0. The highest BCUT2D eigenvalue weighted by Gasteiger charge is 2.17. The molecule has 11 heavy (non-hydrogen) atoms. The van der Waals surface area contributed by atoms with Crippen LogP contribution in [0.15, 0.2) is 0 Å². The molecule has 0 aromatic rings. The topological polar surface area (TPSA) is 21.3 Å². The normalized spacial score (nSPS) is 32.2. The van der Waals surface area contributed by atoms with Crippen molar-refractivity contribution in [2.75, 3.05) is 13.7 Å². The lowest BCUT2D eigenvalue weighted by Gasteiger charge is -2.26. The van der Waals surface area contributed by atoms with Gasteiger partial charge in [-0.05, 0) is 24.7 Å². The predicted molar refractivity (Wildman–Crippen MR) is 46.1 cm³/mol. The minimum Gasteiger partial charge on any atom is -0.305 e. The summed E-state index contributed by atoms with van der Waals surface area (Å²) >= 11 is 0. The molecule has 1 fully saturated rings. The molecule has 0 amide bonds. The fraction of sp³-hybridized carbons (Fsp3) is 1.00. The molecule has 0 heterocycles. The van der Waals surface area contributed by atoms with Crippen LogP contribution in [-0.2, 0) is 4.84 Å². The van der Waals surface area contributed by atoms with E-state index in [1.54, 1.807) is 7.11 Å².